The van der Waals surface area contributed by atoms with Crippen molar-refractivity contribution in [2.45, 2.75) is 0 Å². The molecule has 0 saturated heterocycles. The first kappa shape index (κ1) is 11.6. The molecule has 7 heteroatoms. The van der Waals surface area contributed by atoms with Gasteiger partial charge in [0.05, 0.1) is 5.75 Å². The molecule has 0 atom stereocenters. The van der Waals surface area contributed by atoms with Crippen LogP contribution in [-0.2, 0) is 4.79 Å². The number of rotatable bonds is 3. The minimum Gasteiger partial charge on any atom is -0.320 e. The summed E-state index contributed by atoms with van der Waals surface area (Å²) in [4.78, 5) is 18.6. The van der Waals surface area contributed by atoms with E-state index in [1.54, 1.807) is 0 Å². The van der Waals surface area contributed by atoms with Gasteiger partial charge in [0.1, 0.15) is 12.0 Å². The highest BCUT2D eigenvalue weighted by Gasteiger charge is 2.10. The topological polar surface area (TPSA) is 54.9 Å². The number of carbonyl (C=O) groups excluding carboxylic acids is 1. The average molecular weight is 252 g/mol. The standard InChI is InChI=1S/C7H7Cl2N3OS/c1-14-2-4(13)12-5-6(8)10-3-11-7(5)9/h3H,2H2,1H3,(H,12,13). The molecule has 0 bridgehead atoms. The van der Waals surface area contributed by atoms with Gasteiger partial charge in [-0.15, -0.1) is 0 Å². The summed E-state index contributed by atoms with van der Waals surface area (Å²) in [7, 11) is 0. The molecule has 14 heavy (non-hydrogen) atoms. The summed E-state index contributed by atoms with van der Waals surface area (Å²) in [5, 5.41) is 2.81. The molecule has 0 saturated carbocycles. The largest absolute Gasteiger partial charge is 0.320 e. The molecule has 0 spiro atoms. The second kappa shape index (κ2) is 5.38. The Morgan fingerprint density at radius 3 is 2.57 bits per heavy atom. The number of aromatic nitrogens is 2. The van der Waals surface area contributed by atoms with Gasteiger partial charge in [-0.3, -0.25) is 4.79 Å². The molecule has 0 aliphatic heterocycles. The van der Waals surface area contributed by atoms with E-state index in [-0.39, 0.29) is 21.9 Å². The molecule has 1 heterocycles. The zero-order valence-corrected chi connectivity index (χ0v) is 9.58. The van der Waals surface area contributed by atoms with Crippen molar-refractivity contribution in [2.24, 2.45) is 0 Å². The Kier molecular flexibility index (Phi) is 4.44. The molecule has 0 aromatic carbocycles. The van der Waals surface area contributed by atoms with Crippen LogP contribution in [0.4, 0.5) is 5.69 Å². The smallest absolute Gasteiger partial charge is 0.234 e. The molecular weight excluding hydrogens is 245 g/mol. The van der Waals surface area contributed by atoms with Crippen LogP contribution in [0.3, 0.4) is 0 Å². The van der Waals surface area contributed by atoms with Crippen molar-refractivity contribution in [2.75, 3.05) is 17.3 Å². The van der Waals surface area contributed by atoms with Gasteiger partial charge in [-0.25, -0.2) is 9.97 Å². The first-order chi connectivity index (χ1) is 6.65. The van der Waals surface area contributed by atoms with Crippen LogP contribution in [0, 0.1) is 0 Å². The van der Waals surface area contributed by atoms with E-state index in [4.69, 9.17) is 23.2 Å². The number of nitrogens with zero attached hydrogens (tertiary/aromatic N) is 2. The molecule has 1 rings (SSSR count). The maximum atomic E-state index is 11.2. The van der Waals surface area contributed by atoms with Gasteiger partial charge in [0.2, 0.25) is 5.91 Å². The van der Waals surface area contributed by atoms with Crippen molar-refractivity contribution in [1.29, 1.82) is 0 Å². The van der Waals surface area contributed by atoms with Crippen LogP contribution >= 0.6 is 35.0 Å². The Balaban J connectivity index is 2.80. The molecular formula is C7H7Cl2N3OS. The molecule has 4 nitrogen and oxygen atoms in total. The molecule has 0 aliphatic carbocycles. The lowest BCUT2D eigenvalue weighted by molar-refractivity contribution is -0.113. The quantitative estimate of drug-likeness (QED) is 0.837. The van der Waals surface area contributed by atoms with Gasteiger partial charge in [-0.2, -0.15) is 11.8 Å². The van der Waals surface area contributed by atoms with Crippen molar-refractivity contribution in [3.8, 4) is 0 Å². The molecule has 1 aromatic heterocycles. The summed E-state index contributed by atoms with van der Waals surface area (Å²) in [5.41, 5.74) is 0.259. The molecule has 0 unspecified atom stereocenters. The summed E-state index contributed by atoms with van der Waals surface area (Å²) < 4.78 is 0. The van der Waals surface area contributed by atoms with E-state index in [0.29, 0.717) is 5.75 Å². The third-order valence-electron chi connectivity index (χ3n) is 1.29. The number of amides is 1. The van der Waals surface area contributed by atoms with Gasteiger partial charge in [-0.1, -0.05) is 23.2 Å². The first-order valence-electron chi connectivity index (χ1n) is 3.60. The Labute approximate surface area is 95.4 Å². The molecule has 0 radical (unpaired) electrons. The minimum absolute atomic E-state index is 0.138. The van der Waals surface area contributed by atoms with Crippen molar-refractivity contribution >= 4 is 46.6 Å². The van der Waals surface area contributed by atoms with Gasteiger partial charge >= 0.3 is 0 Å². The Morgan fingerprint density at radius 1 is 1.50 bits per heavy atom. The van der Waals surface area contributed by atoms with Crippen molar-refractivity contribution in [3.05, 3.63) is 16.6 Å². The van der Waals surface area contributed by atoms with Crippen LogP contribution in [0.15, 0.2) is 6.33 Å². The molecule has 0 aliphatic rings. The van der Waals surface area contributed by atoms with E-state index in [2.05, 4.69) is 15.3 Å². The molecule has 76 valence electrons. The van der Waals surface area contributed by atoms with Crippen LogP contribution < -0.4 is 5.32 Å². The second-order valence-electron chi connectivity index (χ2n) is 2.31. The zero-order valence-electron chi connectivity index (χ0n) is 7.25. The summed E-state index contributed by atoms with van der Waals surface area (Å²) in [6, 6.07) is 0. The van der Waals surface area contributed by atoms with Crippen LogP contribution in [0.2, 0.25) is 10.3 Å². The van der Waals surface area contributed by atoms with E-state index in [0.717, 1.165) is 0 Å². The Morgan fingerprint density at radius 2 is 2.07 bits per heavy atom. The van der Waals surface area contributed by atoms with Crippen LogP contribution in [0.5, 0.6) is 0 Å². The maximum absolute atomic E-state index is 11.2. The minimum atomic E-state index is -0.184. The highest BCUT2D eigenvalue weighted by molar-refractivity contribution is 7.99. The average Bonchev–Trinajstić information content (AvgIpc) is 2.12. The highest BCUT2D eigenvalue weighted by Crippen LogP contribution is 2.25. The third-order valence-corrected chi connectivity index (χ3v) is 2.42. The van der Waals surface area contributed by atoms with Crippen LogP contribution in [0.25, 0.3) is 0 Å². The highest BCUT2D eigenvalue weighted by atomic mass is 35.5. The lowest BCUT2D eigenvalue weighted by atomic mass is 10.5. The molecule has 1 amide bonds. The van der Waals surface area contributed by atoms with Gasteiger partial charge in [0.15, 0.2) is 10.3 Å². The third kappa shape index (κ3) is 3.01. The van der Waals surface area contributed by atoms with Crippen LogP contribution in [-0.4, -0.2) is 27.9 Å². The van der Waals surface area contributed by atoms with Crippen molar-refractivity contribution in [1.82, 2.24) is 9.97 Å². The number of anilines is 1. The maximum Gasteiger partial charge on any atom is 0.234 e. The SMILES string of the molecule is CSCC(=O)Nc1c(Cl)ncnc1Cl. The molecule has 1 N–H and O–H groups in total. The second-order valence-corrected chi connectivity index (χ2v) is 3.89. The van der Waals surface area contributed by atoms with Crippen molar-refractivity contribution < 1.29 is 4.79 Å². The number of halogens is 2. The summed E-state index contributed by atoms with van der Waals surface area (Å²) in [6.45, 7) is 0. The lowest BCUT2D eigenvalue weighted by Gasteiger charge is -2.06. The fourth-order valence-electron chi connectivity index (χ4n) is 0.754. The van der Waals surface area contributed by atoms with E-state index in [1.165, 1.54) is 18.1 Å². The van der Waals surface area contributed by atoms with Gasteiger partial charge < -0.3 is 5.32 Å². The predicted octanol–water partition coefficient (Wildman–Crippen LogP) is 2.08. The van der Waals surface area contributed by atoms with Gasteiger partial charge in [0, 0.05) is 0 Å². The number of hydrogen-bond acceptors (Lipinski definition) is 4. The van der Waals surface area contributed by atoms with E-state index in [1.807, 2.05) is 6.26 Å². The van der Waals surface area contributed by atoms with E-state index >= 15 is 0 Å². The Hall–Kier alpha value is -0.520. The summed E-state index contributed by atoms with van der Waals surface area (Å²) in [6.07, 6.45) is 3.05. The predicted molar refractivity (Wildman–Crippen MR) is 59.1 cm³/mol. The first-order valence-corrected chi connectivity index (χ1v) is 5.75. The summed E-state index contributed by atoms with van der Waals surface area (Å²) >= 11 is 12.8. The number of hydrogen-bond donors (Lipinski definition) is 1. The number of thioether (sulfide) groups is 1. The fraction of sp³-hybridized carbons (Fsp3) is 0.286. The number of carbonyl (C=O) groups is 1. The van der Waals surface area contributed by atoms with E-state index < -0.39 is 0 Å². The lowest BCUT2D eigenvalue weighted by Crippen LogP contribution is -2.15. The monoisotopic (exact) mass is 251 g/mol. The Bertz CT molecular complexity index is 327. The van der Waals surface area contributed by atoms with Crippen LogP contribution in [0.1, 0.15) is 0 Å². The number of nitrogens with one attached hydrogen (secondary N) is 1. The normalized spacial score (nSPS) is 9.93. The van der Waals surface area contributed by atoms with Gasteiger partial charge in [0.25, 0.3) is 0 Å². The molecule has 0 fully saturated rings. The zero-order chi connectivity index (χ0) is 10.6. The van der Waals surface area contributed by atoms with Crippen molar-refractivity contribution in [3.63, 3.8) is 0 Å². The van der Waals surface area contributed by atoms with E-state index in [9.17, 15) is 4.79 Å². The fourth-order valence-corrected chi connectivity index (χ4v) is 1.50. The molecule has 1 aromatic rings. The van der Waals surface area contributed by atoms with Gasteiger partial charge in [-0.05, 0) is 6.26 Å². The summed E-state index contributed by atoms with van der Waals surface area (Å²) in [5.74, 6) is 0.151.